The van der Waals surface area contributed by atoms with E-state index in [4.69, 9.17) is 5.73 Å². The Kier molecular flexibility index (Phi) is 4.24. The molecular formula is C15H16BrN5O. The molecule has 7 heteroatoms. The van der Waals surface area contributed by atoms with Crippen molar-refractivity contribution >= 4 is 33.3 Å². The monoisotopic (exact) mass is 361 g/mol. The van der Waals surface area contributed by atoms with E-state index in [1.54, 1.807) is 30.7 Å². The minimum Gasteiger partial charge on any atom is -0.398 e. The zero-order chi connectivity index (χ0) is 15.5. The lowest BCUT2D eigenvalue weighted by atomic mass is 10.1. The molecule has 2 aromatic rings. The summed E-state index contributed by atoms with van der Waals surface area (Å²) < 4.78 is 0.869. The Morgan fingerprint density at radius 2 is 1.95 bits per heavy atom. The van der Waals surface area contributed by atoms with E-state index in [2.05, 4.69) is 30.8 Å². The third kappa shape index (κ3) is 3.04. The van der Waals surface area contributed by atoms with Crippen LogP contribution in [-0.4, -0.2) is 47.0 Å². The van der Waals surface area contributed by atoms with Gasteiger partial charge in [-0.2, -0.15) is 0 Å². The summed E-state index contributed by atoms with van der Waals surface area (Å²) in [6, 6.07) is 5.35. The summed E-state index contributed by atoms with van der Waals surface area (Å²) in [6.07, 6.45) is 5.07. The molecule has 0 unspecified atom stereocenters. The number of piperazine rings is 1. The average molecular weight is 362 g/mol. The molecule has 0 radical (unpaired) electrons. The van der Waals surface area contributed by atoms with Crippen molar-refractivity contribution in [1.82, 2.24) is 14.9 Å². The summed E-state index contributed by atoms with van der Waals surface area (Å²) >= 11 is 3.35. The third-order valence-electron chi connectivity index (χ3n) is 3.68. The lowest BCUT2D eigenvalue weighted by Gasteiger charge is -2.35. The molecule has 2 heterocycles. The summed E-state index contributed by atoms with van der Waals surface area (Å²) in [5.41, 5.74) is 6.99. The number of anilines is 2. The van der Waals surface area contributed by atoms with Crippen molar-refractivity contribution in [3.63, 3.8) is 0 Å². The SMILES string of the molecule is Nc1cc(Br)ccc1C(=O)N1CCN(c2cnccn2)CC1. The lowest BCUT2D eigenvalue weighted by Crippen LogP contribution is -2.49. The predicted octanol–water partition coefficient (Wildman–Crippen LogP) is 1.78. The fraction of sp³-hybridized carbons (Fsp3) is 0.267. The van der Waals surface area contributed by atoms with Crippen LogP contribution in [0, 0.1) is 0 Å². The van der Waals surface area contributed by atoms with Crippen molar-refractivity contribution in [3.05, 3.63) is 46.8 Å². The van der Waals surface area contributed by atoms with Gasteiger partial charge in [0.2, 0.25) is 0 Å². The predicted molar refractivity (Wildman–Crippen MR) is 88.7 cm³/mol. The molecule has 6 nitrogen and oxygen atoms in total. The third-order valence-corrected chi connectivity index (χ3v) is 4.18. The highest BCUT2D eigenvalue weighted by atomic mass is 79.9. The summed E-state index contributed by atoms with van der Waals surface area (Å²) in [6.45, 7) is 2.76. The minimum atomic E-state index is -0.0243. The number of benzene rings is 1. The molecule has 114 valence electrons. The molecular weight excluding hydrogens is 346 g/mol. The molecule has 1 aliphatic rings. The van der Waals surface area contributed by atoms with Crippen LogP contribution in [0.15, 0.2) is 41.3 Å². The number of carbonyl (C=O) groups excluding carboxylic acids is 1. The van der Waals surface area contributed by atoms with E-state index >= 15 is 0 Å². The Morgan fingerprint density at radius 1 is 1.18 bits per heavy atom. The van der Waals surface area contributed by atoms with E-state index in [0.717, 1.165) is 23.4 Å². The number of hydrogen-bond donors (Lipinski definition) is 1. The number of nitrogens with zero attached hydrogens (tertiary/aromatic N) is 4. The van der Waals surface area contributed by atoms with Crippen molar-refractivity contribution in [2.45, 2.75) is 0 Å². The first kappa shape index (κ1) is 14.8. The molecule has 0 spiro atoms. The van der Waals surface area contributed by atoms with E-state index in [-0.39, 0.29) is 5.91 Å². The van der Waals surface area contributed by atoms with Crippen LogP contribution in [0.5, 0.6) is 0 Å². The fourth-order valence-corrected chi connectivity index (χ4v) is 2.87. The summed E-state index contributed by atoms with van der Waals surface area (Å²) in [4.78, 5) is 24.9. The molecule has 1 fully saturated rings. The molecule has 0 atom stereocenters. The van der Waals surface area contributed by atoms with E-state index in [1.807, 2.05) is 11.0 Å². The van der Waals surface area contributed by atoms with Crippen LogP contribution in [0.1, 0.15) is 10.4 Å². The van der Waals surface area contributed by atoms with E-state index in [1.165, 1.54) is 0 Å². The van der Waals surface area contributed by atoms with Crippen LogP contribution in [0.25, 0.3) is 0 Å². The number of hydrogen-bond acceptors (Lipinski definition) is 5. The van der Waals surface area contributed by atoms with Gasteiger partial charge in [0, 0.05) is 48.7 Å². The molecule has 1 aromatic carbocycles. The van der Waals surface area contributed by atoms with Crippen LogP contribution in [-0.2, 0) is 0 Å². The van der Waals surface area contributed by atoms with Crippen LogP contribution in [0.3, 0.4) is 0 Å². The molecule has 1 amide bonds. The first-order chi connectivity index (χ1) is 10.6. The van der Waals surface area contributed by atoms with Gasteiger partial charge in [-0.3, -0.25) is 9.78 Å². The van der Waals surface area contributed by atoms with Crippen molar-refractivity contribution in [3.8, 4) is 0 Å². The van der Waals surface area contributed by atoms with Gasteiger partial charge in [-0.1, -0.05) is 15.9 Å². The maximum absolute atomic E-state index is 12.6. The number of nitrogens with two attached hydrogens (primary N) is 1. The molecule has 22 heavy (non-hydrogen) atoms. The van der Waals surface area contributed by atoms with Crippen LogP contribution in [0.2, 0.25) is 0 Å². The lowest BCUT2D eigenvalue weighted by molar-refractivity contribution is 0.0747. The molecule has 1 saturated heterocycles. The Bertz CT molecular complexity index is 671. The minimum absolute atomic E-state index is 0.0243. The van der Waals surface area contributed by atoms with Crippen molar-refractivity contribution in [2.75, 3.05) is 36.8 Å². The van der Waals surface area contributed by atoms with Crippen molar-refractivity contribution < 1.29 is 4.79 Å². The van der Waals surface area contributed by atoms with Gasteiger partial charge in [-0.25, -0.2) is 4.98 Å². The highest BCUT2D eigenvalue weighted by molar-refractivity contribution is 9.10. The Morgan fingerprint density at radius 3 is 2.59 bits per heavy atom. The van der Waals surface area contributed by atoms with Crippen LogP contribution >= 0.6 is 15.9 Å². The van der Waals surface area contributed by atoms with E-state index in [0.29, 0.717) is 24.3 Å². The van der Waals surface area contributed by atoms with Gasteiger partial charge in [0.15, 0.2) is 0 Å². The van der Waals surface area contributed by atoms with Crippen LogP contribution < -0.4 is 10.6 Å². The topological polar surface area (TPSA) is 75.4 Å². The van der Waals surface area contributed by atoms with Gasteiger partial charge in [0.05, 0.1) is 11.8 Å². The highest BCUT2D eigenvalue weighted by Gasteiger charge is 2.24. The van der Waals surface area contributed by atoms with Crippen LogP contribution in [0.4, 0.5) is 11.5 Å². The first-order valence-corrected chi connectivity index (χ1v) is 7.80. The van der Waals surface area contributed by atoms with Crippen molar-refractivity contribution in [1.29, 1.82) is 0 Å². The van der Waals surface area contributed by atoms with Gasteiger partial charge < -0.3 is 15.5 Å². The Hall–Kier alpha value is -2.15. The van der Waals surface area contributed by atoms with Crippen molar-refractivity contribution in [2.24, 2.45) is 0 Å². The molecule has 0 bridgehead atoms. The standard InChI is InChI=1S/C15H16BrN5O/c16-11-1-2-12(13(17)9-11)15(22)21-7-5-20(6-8-21)14-10-18-3-4-19-14/h1-4,9-10H,5-8,17H2. The molecule has 1 aliphatic heterocycles. The number of aromatic nitrogens is 2. The molecule has 3 rings (SSSR count). The number of amides is 1. The quantitative estimate of drug-likeness (QED) is 0.825. The summed E-state index contributed by atoms with van der Waals surface area (Å²) in [7, 11) is 0. The largest absolute Gasteiger partial charge is 0.398 e. The summed E-state index contributed by atoms with van der Waals surface area (Å²) in [5.74, 6) is 0.821. The summed E-state index contributed by atoms with van der Waals surface area (Å²) in [5, 5.41) is 0. The van der Waals surface area contributed by atoms with E-state index in [9.17, 15) is 4.79 Å². The maximum atomic E-state index is 12.6. The fourth-order valence-electron chi connectivity index (χ4n) is 2.49. The van der Waals surface area contributed by atoms with E-state index < -0.39 is 0 Å². The van der Waals surface area contributed by atoms with Gasteiger partial charge in [-0.05, 0) is 18.2 Å². The normalized spacial score (nSPS) is 15.0. The number of rotatable bonds is 2. The molecule has 1 aromatic heterocycles. The second-order valence-electron chi connectivity index (χ2n) is 5.07. The molecule has 0 saturated carbocycles. The number of carbonyl (C=O) groups is 1. The zero-order valence-corrected chi connectivity index (χ0v) is 13.5. The number of halogens is 1. The van der Waals surface area contributed by atoms with Gasteiger partial charge in [0.25, 0.3) is 5.91 Å². The maximum Gasteiger partial charge on any atom is 0.256 e. The Labute approximate surface area is 137 Å². The molecule has 2 N–H and O–H groups in total. The van der Waals surface area contributed by atoms with Gasteiger partial charge in [0.1, 0.15) is 5.82 Å². The Balaban J connectivity index is 1.67. The number of nitrogen functional groups attached to an aromatic ring is 1. The highest BCUT2D eigenvalue weighted by Crippen LogP contribution is 2.21. The van der Waals surface area contributed by atoms with Gasteiger partial charge >= 0.3 is 0 Å². The smallest absolute Gasteiger partial charge is 0.256 e. The van der Waals surface area contributed by atoms with Gasteiger partial charge in [-0.15, -0.1) is 0 Å². The average Bonchev–Trinajstić information content (AvgIpc) is 2.55. The zero-order valence-electron chi connectivity index (χ0n) is 11.9. The second-order valence-corrected chi connectivity index (χ2v) is 5.99. The first-order valence-electron chi connectivity index (χ1n) is 7.00. The second kappa shape index (κ2) is 6.31. The molecule has 0 aliphatic carbocycles.